The van der Waals surface area contributed by atoms with Crippen molar-refractivity contribution >= 4 is 17.7 Å². The molecule has 2 aliphatic rings. The second kappa shape index (κ2) is 11.1. The van der Waals surface area contributed by atoms with E-state index in [1.165, 1.54) is 5.69 Å². The number of nitrogens with one attached hydrogen (secondary N) is 2. The Kier molecular flexibility index (Phi) is 7.77. The first-order valence-corrected chi connectivity index (χ1v) is 11.8. The molecular weight excluding hydrogens is 448 g/mol. The highest BCUT2D eigenvalue weighted by atomic mass is 16.5. The molecule has 2 amide bonds. The molecule has 186 valence electrons. The molecule has 9 heteroatoms. The van der Waals surface area contributed by atoms with Gasteiger partial charge in [-0.15, -0.1) is 0 Å². The molecule has 9 nitrogen and oxygen atoms in total. The van der Waals surface area contributed by atoms with Gasteiger partial charge in [-0.1, -0.05) is 24.3 Å². The molecule has 35 heavy (non-hydrogen) atoms. The number of hydrogen-bond acceptors (Lipinski definition) is 7. The van der Waals surface area contributed by atoms with Crippen molar-refractivity contribution in [3.05, 3.63) is 65.4 Å². The molecule has 0 aromatic heterocycles. The first-order valence-electron chi connectivity index (χ1n) is 11.8. The van der Waals surface area contributed by atoms with Gasteiger partial charge in [-0.05, 0) is 36.8 Å². The Morgan fingerprint density at radius 3 is 2.37 bits per heavy atom. The van der Waals surface area contributed by atoms with Crippen molar-refractivity contribution in [1.29, 1.82) is 0 Å². The first kappa shape index (κ1) is 24.4. The summed E-state index contributed by atoms with van der Waals surface area (Å²) < 4.78 is 16.2. The average Bonchev–Trinajstić information content (AvgIpc) is 2.89. The summed E-state index contributed by atoms with van der Waals surface area (Å²) in [5.74, 6) is 0.618. The number of rotatable bonds is 8. The van der Waals surface area contributed by atoms with Crippen molar-refractivity contribution in [3.63, 3.8) is 0 Å². The van der Waals surface area contributed by atoms with E-state index in [2.05, 4.69) is 32.6 Å². The van der Waals surface area contributed by atoms with Crippen LogP contribution in [-0.2, 0) is 9.53 Å². The molecular formula is C26H32N4O5. The maximum Gasteiger partial charge on any atom is 0.338 e. The zero-order chi connectivity index (χ0) is 24.8. The minimum Gasteiger partial charge on any atom is -0.493 e. The van der Waals surface area contributed by atoms with Gasteiger partial charge in [0.05, 0.1) is 32.4 Å². The summed E-state index contributed by atoms with van der Waals surface area (Å²) in [4.78, 5) is 30.3. The molecule has 2 heterocycles. The minimum atomic E-state index is -0.678. The number of esters is 1. The number of anilines is 1. The van der Waals surface area contributed by atoms with E-state index in [0.29, 0.717) is 34.9 Å². The molecule has 0 bridgehead atoms. The molecule has 1 fully saturated rings. The van der Waals surface area contributed by atoms with Crippen LogP contribution < -0.4 is 25.0 Å². The Morgan fingerprint density at radius 2 is 1.71 bits per heavy atom. The van der Waals surface area contributed by atoms with Gasteiger partial charge in [0.15, 0.2) is 11.5 Å². The second-order valence-corrected chi connectivity index (χ2v) is 8.36. The molecule has 0 radical (unpaired) electrons. The maximum atomic E-state index is 13.1. The van der Waals surface area contributed by atoms with Crippen molar-refractivity contribution in [2.45, 2.75) is 13.0 Å². The Balaban J connectivity index is 1.60. The fourth-order valence-corrected chi connectivity index (χ4v) is 4.50. The van der Waals surface area contributed by atoms with Crippen LogP contribution in [0.5, 0.6) is 11.5 Å². The third-order valence-electron chi connectivity index (χ3n) is 6.27. The SMILES string of the molecule is CCOC(=O)C1=C(CN2CCN(c3ccccc3)CC2)NC(=O)N[C@H]1c1ccc(OC)c(OC)c1. The van der Waals surface area contributed by atoms with Gasteiger partial charge in [0.25, 0.3) is 0 Å². The van der Waals surface area contributed by atoms with Crippen LogP contribution in [0.25, 0.3) is 0 Å². The molecule has 0 saturated carbocycles. The molecule has 2 aliphatic heterocycles. The number of carbonyl (C=O) groups is 2. The topological polar surface area (TPSA) is 92.4 Å². The Hall–Kier alpha value is -3.72. The van der Waals surface area contributed by atoms with E-state index in [-0.39, 0.29) is 12.6 Å². The lowest BCUT2D eigenvalue weighted by Gasteiger charge is -2.38. The monoisotopic (exact) mass is 480 g/mol. The van der Waals surface area contributed by atoms with Crippen LogP contribution in [-0.4, -0.2) is 70.5 Å². The van der Waals surface area contributed by atoms with Crippen molar-refractivity contribution in [2.24, 2.45) is 0 Å². The average molecular weight is 481 g/mol. The van der Waals surface area contributed by atoms with Crippen LogP contribution in [0.3, 0.4) is 0 Å². The Bertz CT molecular complexity index is 1080. The molecule has 1 atom stereocenters. The number of amides is 2. The van der Waals surface area contributed by atoms with Gasteiger partial charge in [-0.25, -0.2) is 9.59 Å². The normalized spacial score (nSPS) is 18.5. The third kappa shape index (κ3) is 5.51. The van der Waals surface area contributed by atoms with Crippen molar-refractivity contribution in [3.8, 4) is 11.5 Å². The zero-order valence-corrected chi connectivity index (χ0v) is 20.4. The summed E-state index contributed by atoms with van der Waals surface area (Å²) in [5.41, 5.74) is 2.85. The highest BCUT2D eigenvalue weighted by Gasteiger charge is 2.35. The van der Waals surface area contributed by atoms with Crippen molar-refractivity contribution < 1.29 is 23.8 Å². The van der Waals surface area contributed by atoms with E-state index >= 15 is 0 Å². The standard InChI is InChI=1S/C26H32N4O5/c1-4-35-25(31)23-20(17-29-12-14-30(15-13-29)19-8-6-5-7-9-19)27-26(32)28-24(23)18-10-11-21(33-2)22(16-18)34-3/h5-11,16,24H,4,12-15,17H2,1-3H3,(H2,27,28,32)/t24-/m0/s1. The van der Waals surface area contributed by atoms with E-state index in [1.54, 1.807) is 33.3 Å². The molecule has 0 spiro atoms. The summed E-state index contributed by atoms with van der Waals surface area (Å²) in [5, 5.41) is 5.74. The van der Waals surface area contributed by atoms with Gasteiger partial charge in [-0.3, -0.25) is 4.90 Å². The Morgan fingerprint density at radius 1 is 1.00 bits per heavy atom. The van der Waals surface area contributed by atoms with Crippen molar-refractivity contribution in [2.75, 3.05) is 58.5 Å². The van der Waals surface area contributed by atoms with Gasteiger partial charge >= 0.3 is 12.0 Å². The highest BCUT2D eigenvalue weighted by Crippen LogP contribution is 2.34. The fourth-order valence-electron chi connectivity index (χ4n) is 4.50. The van der Waals surface area contributed by atoms with Gasteiger partial charge in [0.1, 0.15) is 0 Å². The zero-order valence-electron chi connectivity index (χ0n) is 20.4. The number of para-hydroxylation sites is 1. The summed E-state index contributed by atoms with van der Waals surface area (Å²) in [6, 6.07) is 14.6. The summed E-state index contributed by atoms with van der Waals surface area (Å²) in [6.07, 6.45) is 0. The fraction of sp³-hybridized carbons (Fsp3) is 0.385. The van der Waals surface area contributed by atoms with Crippen LogP contribution >= 0.6 is 0 Å². The highest BCUT2D eigenvalue weighted by molar-refractivity contribution is 5.95. The molecule has 2 aromatic rings. The predicted octanol–water partition coefficient (Wildman–Crippen LogP) is 2.70. The first-order chi connectivity index (χ1) is 17.0. The van der Waals surface area contributed by atoms with E-state index in [0.717, 1.165) is 26.2 Å². The van der Waals surface area contributed by atoms with Crippen LogP contribution in [0.15, 0.2) is 59.8 Å². The van der Waals surface area contributed by atoms with E-state index < -0.39 is 12.0 Å². The number of carbonyl (C=O) groups excluding carboxylic acids is 2. The van der Waals surface area contributed by atoms with Crippen LogP contribution in [0.2, 0.25) is 0 Å². The number of methoxy groups -OCH3 is 2. The minimum absolute atomic E-state index is 0.234. The van der Waals surface area contributed by atoms with Crippen LogP contribution in [0, 0.1) is 0 Å². The number of piperazine rings is 1. The molecule has 2 aromatic carbocycles. The van der Waals surface area contributed by atoms with Gasteiger partial charge in [0, 0.05) is 44.1 Å². The predicted molar refractivity (Wildman–Crippen MR) is 133 cm³/mol. The van der Waals surface area contributed by atoms with E-state index in [4.69, 9.17) is 14.2 Å². The second-order valence-electron chi connectivity index (χ2n) is 8.36. The largest absolute Gasteiger partial charge is 0.493 e. The van der Waals surface area contributed by atoms with Crippen LogP contribution in [0.1, 0.15) is 18.5 Å². The quantitative estimate of drug-likeness (QED) is 0.562. The smallest absolute Gasteiger partial charge is 0.338 e. The Labute approximate surface area is 205 Å². The maximum absolute atomic E-state index is 13.1. The lowest BCUT2D eigenvalue weighted by Crippen LogP contribution is -2.51. The third-order valence-corrected chi connectivity index (χ3v) is 6.27. The summed E-state index contributed by atoms with van der Waals surface area (Å²) in [7, 11) is 3.11. The van der Waals surface area contributed by atoms with E-state index in [9.17, 15) is 9.59 Å². The molecule has 4 rings (SSSR count). The number of ether oxygens (including phenoxy) is 3. The van der Waals surface area contributed by atoms with Gasteiger partial charge < -0.3 is 29.7 Å². The molecule has 0 aliphatic carbocycles. The van der Waals surface area contributed by atoms with Crippen molar-refractivity contribution in [1.82, 2.24) is 15.5 Å². The lowest BCUT2D eigenvalue weighted by molar-refractivity contribution is -0.139. The number of urea groups is 1. The van der Waals surface area contributed by atoms with Crippen LogP contribution in [0.4, 0.5) is 10.5 Å². The number of nitrogens with zero attached hydrogens (tertiary/aromatic N) is 2. The summed E-state index contributed by atoms with van der Waals surface area (Å²) in [6.45, 7) is 5.76. The molecule has 2 N–H and O–H groups in total. The number of benzene rings is 2. The summed E-state index contributed by atoms with van der Waals surface area (Å²) >= 11 is 0. The molecule has 1 saturated heterocycles. The van der Waals surface area contributed by atoms with E-state index in [1.807, 2.05) is 24.3 Å². The number of hydrogen-bond donors (Lipinski definition) is 2. The molecule has 0 unspecified atom stereocenters. The lowest BCUT2D eigenvalue weighted by atomic mass is 9.94. The van der Waals surface area contributed by atoms with Gasteiger partial charge in [-0.2, -0.15) is 0 Å². The van der Waals surface area contributed by atoms with Gasteiger partial charge in [0.2, 0.25) is 0 Å².